The number of benzene rings is 2. The summed E-state index contributed by atoms with van der Waals surface area (Å²) in [5, 5.41) is 10.8. The maximum atomic E-state index is 12.8. The normalized spacial score (nSPS) is 11.9. The molecule has 0 amide bonds. The average molecular weight is 477 g/mol. The fraction of sp³-hybridized carbons (Fsp3) is 0.217. The number of aryl methyl sites for hydroxylation is 2. The molecule has 0 spiro atoms. The summed E-state index contributed by atoms with van der Waals surface area (Å²) in [5.41, 5.74) is 2.63. The van der Waals surface area contributed by atoms with Crippen LogP contribution in [-0.4, -0.2) is 20.6 Å². The minimum atomic E-state index is -4.35. The van der Waals surface area contributed by atoms with E-state index in [0.717, 1.165) is 44.2 Å². The summed E-state index contributed by atoms with van der Waals surface area (Å²) in [4.78, 5) is 17.8. The van der Waals surface area contributed by atoms with Crippen LogP contribution in [0.4, 0.5) is 13.2 Å². The molecule has 0 bridgehead atoms. The Balaban J connectivity index is 1.50. The van der Waals surface area contributed by atoms with Crippen LogP contribution in [0.1, 0.15) is 21.8 Å². The Morgan fingerprint density at radius 2 is 1.84 bits per heavy atom. The third kappa shape index (κ3) is 4.68. The molecule has 4 nitrogen and oxygen atoms in total. The topological polar surface area (TPSA) is 55.1 Å². The molecule has 4 rings (SSSR count). The lowest BCUT2D eigenvalue weighted by atomic mass is 10.1. The van der Waals surface area contributed by atoms with E-state index >= 15 is 0 Å². The second-order valence-electron chi connectivity index (χ2n) is 7.38. The molecule has 0 saturated carbocycles. The lowest BCUT2D eigenvalue weighted by Gasteiger charge is -2.06. The third-order valence-corrected chi connectivity index (χ3v) is 7.50. The molecule has 1 N–H and O–H groups in total. The van der Waals surface area contributed by atoms with Crippen molar-refractivity contribution in [2.45, 2.75) is 37.2 Å². The highest BCUT2D eigenvalue weighted by Crippen LogP contribution is 2.35. The van der Waals surface area contributed by atoms with E-state index in [9.17, 15) is 18.0 Å². The molecule has 0 fully saturated rings. The van der Waals surface area contributed by atoms with E-state index in [1.54, 1.807) is 16.3 Å². The Hall–Kier alpha value is -2.78. The SMILES string of the molecule is Cc1nc(-c2ccc(C(F)(F)F)cc2)sc1CSc1ccc2c(c1)cc(C)n2CC(=O)O. The number of thiazole rings is 1. The first kappa shape index (κ1) is 22.4. The number of nitrogens with zero attached hydrogens (tertiary/aromatic N) is 2. The molecule has 0 aliphatic rings. The summed E-state index contributed by atoms with van der Waals surface area (Å²) in [7, 11) is 0. The van der Waals surface area contributed by atoms with Crippen LogP contribution in [0.15, 0.2) is 53.4 Å². The highest BCUT2D eigenvalue weighted by Gasteiger charge is 2.30. The molecule has 0 aliphatic heterocycles. The van der Waals surface area contributed by atoms with Gasteiger partial charge in [0.05, 0.1) is 11.3 Å². The van der Waals surface area contributed by atoms with Crippen LogP contribution in [0, 0.1) is 13.8 Å². The van der Waals surface area contributed by atoms with Crippen LogP contribution < -0.4 is 0 Å². The molecule has 0 radical (unpaired) electrons. The largest absolute Gasteiger partial charge is 0.480 e. The van der Waals surface area contributed by atoms with E-state index in [0.29, 0.717) is 16.3 Å². The number of carboxylic acids is 1. The van der Waals surface area contributed by atoms with Crippen molar-refractivity contribution in [3.63, 3.8) is 0 Å². The summed E-state index contributed by atoms with van der Waals surface area (Å²) in [5.74, 6) is -0.196. The number of fused-ring (bicyclic) bond motifs is 1. The first-order chi connectivity index (χ1) is 15.1. The van der Waals surface area contributed by atoms with Crippen LogP contribution in [0.25, 0.3) is 21.5 Å². The van der Waals surface area contributed by atoms with Gasteiger partial charge in [-0.3, -0.25) is 4.79 Å². The van der Waals surface area contributed by atoms with E-state index in [4.69, 9.17) is 5.11 Å². The Kier molecular flexibility index (Phi) is 6.05. The first-order valence-electron chi connectivity index (χ1n) is 9.70. The monoisotopic (exact) mass is 476 g/mol. The van der Waals surface area contributed by atoms with Gasteiger partial charge in [-0.25, -0.2) is 4.98 Å². The third-order valence-electron chi connectivity index (χ3n) is 5.10. The van der Waals surface area contributed by atoms with Gasteiger partial charge in [0, 0.05) is 37.7 Å². The number of carboxylic acid groups (broad SMARTS) is 1. The summed E-state index contributed by atoms with van der Waals surface area (Å²) in [6.45, 7) is 3.71. The number of thioether (sulfide) groups is 1. The van der Waals surface area contributed by atoms with Gasteiger partial charge < -0.3 is 9.67 Å². The van der Waals surface area contributed by atoms with E-state index in [2.05, 4.69) is 4.98 Å². The second kappa shape index (κ2) is 8.63. The van der Waals surface area contributed by atoms with E-state index in [1.165, 1.54) is 23.5 Å². The molecular weight excluding hydrogens is 457 g/mol. The quantitative estimate of drug-likeness (QED) is 0.312. The van der Waals surface area contributed by atoms with Crippen LogP contribution in [0.3, 0.4) is 0 Å². The van der Waals surface area contributed by atoms with Crippen molar-refractivity contribution in [3.05, 3.63) is 70.4 Å². The Bertz CT molecular complexity index is 1290. The maximum absolute atomic E-state index is 12.8. The van der Waals surface area contributed by atoms with Crippen molar-refractivity contribution in [2.24, 2.45) is 0 Å². The van der Waals surface area contributed by atoms with Crippen molar-refractivity contribution in [3.8, 4) is 10.6 Å². The predicted octanol–water partition coefficient (Wildman–Crippen LogP) is 6.78. The standard InChI is InChI=1S/C23H19F3N2O2S2/c1-13-9-16-10-18(7-8-19(16)28(13)11-21(29)30)31-12-20-14(2)27-22(32-20)15-3-5-17(6-4-15)23(24,25)26/h3-10H,11-12H2,1-2H3,(H,29,30). The molecule has 2 heterocycles. The fourth-order valence-electron chi connectivity index (χ4n) is 3.46. The Morgan fingerprint density at radius 1 is 1.12 bits per heavy atom. The van der Waals surface area contributed by atoms with Crippen molar-refractivity contribution in [1.82, 2.24) is 9.55 Å². The number of halogens is 3. The smallest absolute Gasteiger partial charge is 0.416 e. The molecule has 0 atom stereocenters. The number of carbonyl (C=O) groups is 1. The minimum Gasteiger partial charge on any atom is -0.480 e. The lowest BCUT2D eigenvalue weighted by molar-refractivity contribution is -0.138. The number of hydrogen-bond donors (Lipinski definition) is 1. The van der Waals surface area contributed by atoms with Crippen molar-refractivity contribution < 1.29 is 23.1 Å². The van der Waals surface area contributed by atoms with Gasteiger partial charge in [-0.1, -0.05) is 12.1 Å². The van der Waals surface area contributed by atoms with Crippen LogP contribution in [0.5, 0.6) is 0 Å². The first-order valence-corrected chi connectivity index (χ1v) is 11.5. The Morgan fingerprint density at radius 3 is 2.50 bits per heavy atom. The number of aromatic nitrogens is 2. The van der Waals surface area contributed by atoms with Crippen molar-refractivity contribution >= 4 is 40.0 Å². The molecule has 9 heteroatoms. The Labute approximate surface area is 190 Å². The molecule has 2 aromatic carbocycles. The predicted molar refractivity (Wildman–Crippen MR) is 121 cm³/mol. The molecule has 4 aromatic rings. The number of aliphatic carboxylic acids is 1. The van der Waals surface area contributed by atoms with Gasteiger partial charge in [0.15, 0.2) is 0 Å². The van der Waals surface area contributed by atoms with Crippen LogP contribution in [0.2, 0.25) is 0 Å². The van der Waals surface area contributed by atoms with E-state index in [1.807, 2.05) is 38.1 Å². The van der Waals surface area contributed by atoms with Gasteiger partial charge in [-0.15, -0.1) is 23.1 Å². The van der Waals surface area contributed by atoms with E-state index in [-0.39, 0.29) is 6.54 Å². The molecule has 0 saturated heterocycles. The second-order valence-corrected chi connectivity index (χ2v) is 9.51. The highest BCUT2D eigenvalue weighted by molar-refractivity contribution is 7.98. The van der Waals surface area contributed by atoms with Crippen molar-refractivity contribution in [2.75, 3.05) is 0 Å². The van der Waals surface area contributed by atoms with E-state index < -0.39 is 17.7 Å². The van der Waals surface area contributed by atoms with Gasteiger partial charge in [-0.2, -0.15) is 13.2 Å². The molecule has 32 heavy (non-hydrogen) atoms. The van der Waals surface area contributed by atoms with Crippen LogP contribution in [-0.2, 0) is 23.3 Å². The molecule has 166 valence electrons. The number of alkyl halides is 3. The lowest BCUT2D eigenvalue weighted by Crippen LogP contribution is -2.09. The number of hydrogen-bond acceptors (Lipinski definition) is 4. The van der Waals surface area contributed by atoms with Gasteiger partial charge in [0.25, 0.3) is 0 Å². The van der Waals surface area contributed by atoms with Crippen LogP contribution >= 0.6 is 23.1 Å². The van der Waals surface area contributed by atoms with Crippen molar-refractivity contribution in [1.29, 1.82) is 0 Å². The maximum Gasteiger partial charge on any atom is 0.416 e. The zero-order chi connectivity index (χ0) is 23.0. The zero-order valence-corrected chi connectivity index (χ0v) is 18.9. The summed E-state index contributed by atoms with van der Waals surface area (Å²) in [6, 6.07) is 13.0. The molecule has 2 aromatic heterocycles. The average Bonchev–Trinajstić information content (AvgIpc) is 3.24. The van der Waals surface area contributed by atoms with Gasteiger partial charge in [0.1, 0.15) is 11.6 Å². The molecular formula is C23H19F3N2O2S2. The fourth-order valence-corrected chi connectivity index (χ4v) is 5.61. The number of rotatable bonds is 6. The van der Waals surface area contributed by atoms with Gasteiger partial charge in [0.2, 0.25) is 0 Å². The summed E-state index contributed by atoms with van der Waals surface area (Å²) in [6.07, 6.45) is -4.35. The van der Waals surface area contributed by atoms with Gasteiger partial charge in [-0.05, 0) is 50.2 Å². The summed E-state index contributed by atoms with van der Waals surface area (Å²) < 4.78 is 40.1. The molecule has 0 aliphatic carbocycles. The highest BCUT2D eigenvalue weighted by atomic mass is 32.2. The zero-order valence-electron chi connectivity index (χ0n) is 17.2. The molecule has 0 unspecified atom stereocenters. The minimum absolute atomic E-state index is 0.0748. The summed E-state index contributed by atoms with van der Waals surface area (Å²) >= 11 is 3.12. The van der Waals surface area contributed by atoms with Gasteiger partial charge >= 0.3 is 12.1 Å².